The Bertz CT molecular complexity index is 815. The van der Waals surface area contributed by atoms with Gasteiger partial charge >= 0.3 is 5.97 Å². The molecule has 9 heteroatoms. The van der Waals surface area contributed by atoms with Crippen LogP contribution in [0.2, 0.25) is 0 Å². The van der Waals surface area contributed by atoms with Gasteiger partial charge < -0.3 is 9.64 Å². The van der Waals surface area contributed by atoms with Crippen LogP contribution in [0.1, 0.15) is 43.5 Å². The van der Waals surface area contributed by atoms with Gasteiger partial charge in [-0.3, -0.25) is 4.79 Å². The van der Waals surface area contributed by atoms with Gasteiger partial charge in [-0.25, -0.2) is 21.9 Å². The lowest BCUT2D eigenvalue weighted by Gasteiger charge is -2.38. The second-order valence-corrected chi connectivity index (χ2v) is 9.09. The number of hydrogen-bond acceptors (Lipinski definition) is 5. The molecule has 2 rings (SSSR count). The number of piperidine rings is 1. The highest BCUT2D eigenvalue weighted by Gasteiger charge is 2.30. The van der Waals surface area contributed by atoms with Crippen LogP contribution in [-0.4, -0.2) is 62.3 Å². The van der Waals surface area contributed by atoms with Gasteiger partial charge in [-0.1, -0.05) is 0 Å². The van der Waals surface area contributed by atoms with Crippen molar-refractivity contribution >= 4 is 21.9 Å². The first-order chi connectivity index (χ1) is 12.6. The van der Waals surface area contributed by atoms with E-state index < -0.39 is 34.0 Å². The van der Waals surface area contributed by atoms with Crippen LogP contribution >= 0.6 is 0 Å². The molecule has 1 amide bonds. The number of likely N-dealkylation sites (tertiary alicyclic amines) is 1. The molecule has 0 N–H and O–H groups in total. The van der Waals surface area contributed by atoms with Gasteiger partial charge in [0.05, 0.1) is 10.5 Å². The van der Waals surface area contributed by atoms with E-state index in [2.05, 4.69) is 0 Å². The fourth-order valence-electron chi connectivity index (χ4n) is 3.22. The average molecular weight is 400 g/mol. The fourth-order valence-corrected chi connectivity index (χ4v) is 4.15. The Hall–Kier alpha value is -2.00. The lowest BCUT2D eigenvalue weighted by molar-refractivity contribution is -0.140. The summed E-state index contributed by atoms with van der Waals surface area (Å²) in [5.74, 6) is -2.33. The number of amides is 1. The van der Waals surface area contributed by atoms with Gasteiger partial charge in [0, 0.05) is 26.2 Å². The summed E-state index contributed by atoms with van der Waals surface area (Å²) < 4.78 is 44.2. The minimum absolute atomic E-state index is 0.0465. The third kappa shape index (κ3) is 4.65. The predicted molar refractivity (Wildman–Crippen MR) is 97.2 cm³/mol. The molecule has 0 bridgehead atoms. The second kappa shape index (κ2) is 8.35. The molecular weight excluding hydrogens is 375 g/mol. The van der Waals surface area contributed by atoms with Gasteiger partial charge in [0.2, 0.25) is 10.0 Å². The van der Waals surface area contributed by atoms with E-state index >= 15 is 0 Å². The maximum atomic E-state index is 14.0. The van der Waals surface area contributed by atoms with E-state index in [0.29, 0.717) is 0 Å². The molecule has 0 spiro atoms. The van der Waals surface area contributed by atoms with Crippen LogP contribution in [0.15, 0.2) is 23.1 Å². The van der Waals surface area contributed by atoms with E-state index in [-0.39, 0.29) is 22.9 Å². The van der Waals surface area contributed by atoms with E-state index in [4.69, 9.17) is 4.74 Å². The first-order valence-electron chi connectivity index (χ1n) is 8.76. The topological polar surface area (TPSA) is 84.0 Å². The smallest absolute Gasteiger partial charge is 0.341 e. The zero-order chi connectivity index (χ0) is 20.4. The predicted octanol–water partition coefficient (Wildman–Crippen LogP) is 2.02. The number of nitrogens with zero attached hydrogens (tertiary/aromatic N) is 2. The summed E-state index contributed by atoms with van der Waals surface area (Å²) in [7, 11) is -1.17. The summed E-state index contributed by atoms with van der Waals surface area (Å²) in [6, 6.07) is 2.98. The number of halogens is 1. The van der Waals surface area contributed by atoms with Crippen LogP contribution in [-0.2, 0) is 19.6 Å². The van der Waals surface area contributed by atoms with Crippen LogP contribution in [0.3, 0.4) is 0 Å². The van der Waals surface area contributed by atoms with Gasteiger partial charge in [-0.05, 0) is 51.3 Å². The second-order valence-electron chi connectivity index (χ2n) is 6.94. The molecule has 7 nitrogen and oxygen atoms in total. The van der Waals surface area contributed by atoms with Gasteiger partial charge in [-0.2, -0.15) is 0 Å². The maximum Gasteiger partial charge on any atom is 0.341 e. The van der Waals surface area contributed by atoms with E-state index in [1.54, 1.807) is 4.90 Å². The largest absolute Gasteiger partial charge is 0.452 e. The highest BCUT2D eigenvalue weighted by Crippen LogP contribution is 2.23. The number of benzene rings is 1. The Labute approximate surface area is 159 Å². The van der Waals surface area contributed by atoms with Crippen LogP contribution in [0, 0.1) is 5.82 Å². The van der Waals surface area contributed by atoms with E-state index in [1.165, 1.54) is 14.1 Å². The number of esters is 1. The highest BCUT2D eigenvalue weighted by molar-refractivity contribution is 7.89. The fraction of sp³-hybridized carbons (Fsp3) is 0.556. The molecule has 27 heavy (non-hydrogen) atoms. The van der Waals surface area contributed by atoms with Crippen molar-refractivity contribution < 1.29 is 27.1 Å². The van der Waals surface area contributed by atoms with Gasteiger partial charge in [-0.15, -0.1) is 0 Å². The highest BCUT2D eigenvalue weighted by atomic mass is 32.2. The Balaban J connectivity index is 2.13. The monoisotopic (exact) mass is 400 g/mol. The molecule has 0 aromatic heterocycles. The summed E-state index contributed by atoms with van der Waals surface area (Å²) in [6.45, 7) is 3.35. The van der Waals surface area contributed by atoms with Gasteiger partial charge in [0.1, 0.15) is 5.82 Å². The zero-order valence-electron chi connectivity index (χ0n) is 15.9. The van der Waals surface area contributed by atoms with Crippen molar-refractivity contribution in [3.8, 4) is 0 Å². The van der Waals surface area contributed by atoms with Crippen LogP contribution in [0.25, 0.3) is 0 Å². The van der Waals surface area contributed by atoms with E-state index in [1.807, 2.05) is 13.8 Å². The molecule has 1 heterocycles. The summed E-state index contributed by atoms with van der Waals surface area (Å²) in [5, 5.41) is 0. The van der Waals surface area contributed by atoms with Crippen LogP contribution < -0.4 is 0 Å². The Kier molecular flexibility index (Phi) is 6.59. The number of carbonyl (C=O) groups excluding carboxylic acids is 2. The lowest BCUT2D eigenvalue weighted by atomic mass is 9.97. The minimum Gasteiger partial charge on any atom is -0.452 e. The molecule has 0 aliphatic carbocycles. The molecule has 1 saturated heterocycles. The zero-order valence-corrected chi connectivity index (χ0v) is 16.8. The first-order valence-corrected chi connectivity index (χ1v) is 10.2. The number of carbonyl (C=O) groups is 2. The third-order valence-corrected chi connectivity index (χ3v) is 6.56. The number of sulfonamides is 1. The number of rotatable bonds is 5. The van der Waals surface area contributed by atoms with E-state index in [0.717, 1.165) is 41.8 Å². The van der Waals surface area contributed by atoms with E-state index in [9.17, 15) is 22.4 Å². The molecule has 0 unspecified atom stereocenters. The van der Waals surface area contributed by atoms with Crippen molar-refractivity contribution in [1.82, 2.24) is 9.21 Å². The Morgan fingerprint density at radius 2 is 1.81 bits per heavy atom. The number of hydrogen-bond donors (Lipinski definition) is 0. The summed E-state index contributed by atoms with van der Waals surface area (Å²) in [6.07, 6.45) is 2.79. The average Bonchev–Trinajstić information content (AvgIpc) is 2.59. The normalized spacial score (nSPS) is 20.6. The molecule has 1 aliphatic heterocycles. The molecule has 1 aromatic carbocycles. The first kappa shape index (κ1) is 21.3. The Morgan fingerprint density at radius 3 is 2.37 bits per heavy atom. The molecule has 1 aromatic rings. The molecular formula is C18H25FN2O5S. The maximum absolute atomic E-state index is 14.0. The molecule has 0 radical (unpaired) electrons. The van der Waals surface area contributed by atoms with Crippen molar-refractivity contribution in [2.75, 3.05) is 20.7 Å². The molecule has 1 fully saturated rings. The molecule has 0 saturated carbocycles. The minimum atomic E-state index is -3.83. The summed E-state index contributed by atoms with van der Waals surface area (Å²) >= 11 is 0. The summed E-state index contributed by atoms with van der Waals surface area (Å²) in [4.78, 5) is 26.1. The quantitative estimate of drug-likeness (QED) is 0.706. The van der Waals surface area contributed by atoms with Crippen LogP contribution in [0.5, 0.6) is 0 Å². The Morgan fingerprint density at radius 1 is 1.22 bits per heavy atom. The van der Waals surface area contributed by atoms with Crippen LogP contribution in [0.4, 0.5) is 4.39 Å². The molecule has 150 valence electrons. The standard InChI is InChI=1S/C18H25FN2O5S/c1-12-6-5-7-13(2)21(12)17(22)11-26-18(23)15-10-14(8-9-16(15)19)27(24,25)20(3)4/h8-10,12-13H,5-7,11H2,1-4H3/t12-,13+. The lowest BCUT2D eigenvalue weighted by Crippen LogP contribution is -2.49. The van der Waals surface area contributed by atoms with Crippen molar-refractivity contribution in [2.24, 2.45) is 0 Å². The third-order valence-electron chi connectivity index (χ3n) is 4.74. The molecule has 1 aliphatic rings. The summed E-state index contributed by atoms with van der Waals surface area (Å²) in [5.41, 5.74) is -0.523. The van der Waals surface area contributed by atoms with Crippen molar-refractivity contribution in [2.45, 2.75) is 50.1 Å². The van der Waals surface area contributed by atoms with Gasteiger partial charge in [0.15, 0.2) is 6.61 Å². The van der Waals surface area contributed by atoms with Gasteiger partial charge in [0.25, 0.3) is 5.91 Å². The van der Waals surface area contributed by atoms with Crippen molar-refractivity contribution in [1.29, 1.82) is 0 Å². The number of ether oxygens (including phenoxy) is 1. The SMILES string of the molecule is C[C@@H]1CCC[C@H](C)N1C(=O)COC(=O)c1cc(S(=O)(=O)N(C)C)ccc1F. The van der Waals surface area contributed by atoms with Crippen molar-refractivity contribution in [3.63, 3.8) is 0 Å². The van der Waals surface area contributed by atoms with Crippen molar-refractivity contribution in [3.05, 3.63) is 29.6 Å². The molecule has 2 atom stereocenters.